The molecule has 0 saturated carbocycles. The van der Waals surface area contributed by atoms with E-state index in [9.17, 15) is 14.7 Å². The van der Waals surface area contributed by atoms with Crippen molar-refractivity contribution in [3.63, 3.8) is 0 Å². The average molecular weight is 226 g/mol. The van der Waals surface area contributed by atoms with Gasteiger partial charge in [-0.15, -0.1) is 0 Å². The van der Waals surface area contributed by atoms with E-state index in [2.05, 4.69) is 0 Å². The Labute approximate surface area is 95.3 Å². The Morgan fingerprint density at radius 2 is 2.06 bits per heavy atom. The molecule has 4 heteroatoms. The summed E-state index contributed by atoms with van der Waals surface area (Å²) < 4.78 is 5.10. The number of aliphatic hydroxyl groups excluding tert-OH is 1. The molecule has 0 amide bonds. The van der Waals surface area contributed by atoms with E-state index in [-0.39, 0.29) is 29.6 Å². The van der Waals surface area contributed by atoms with E-state index in [1.165, 1.54) is 0 Å². The number of cyclic esters (lactones) is 1. The van der Waals surface area contributed by atoms with Gasteiger partial charge in [0, 0.05) is 12.8 Å². The lowest BCUT2D eigenvalue weighted by molar-refractivity contribution is -0.151. The number of rotatable bonds is 4. The van der Waals surface area contributed by atoms with Crippen LogP contribution in [0.4, 0.5) is 0 Å². The second kappa shape index (κ2) is 5.68. The van der Waals surface area contributed by atoms with Gasteiger partial charge < -0.3 is 9.84 Å². The van der Waals surface area contributed by atoms with Crippen LogP contribution >= 0.6 is 0 Å². The van der Waals surface area contributed by atoms with Crippen LogP contribution in [0.5, 0.6) is 0 Å². The first-order valence-corrected chi connectivity index (χ1v) is 5.76. The number of Topliss-reactive ketones (excluding diaryl/α,β-unsaturated/α-hetero) is 1. The first-order chi connectivity index (χ1) is 7.60. The Morgan fingerprint density at radius 1 is 1.38 bits per heavy atom. The molecule has 1 atom stereocenters. The van der Waals surface area contributed by atoms with Gasteiger partial charge in [0.2, 0.25) is 0 Å². The van der Waals surface area contributed by atoms with Crippen LogP contribution < -0.4 is 0 Å². The van der Waals surface area contributed by atoms with Gasteiger partial charge in [-0.1, -0.05) is 20.3 Å². The van der Waals surface area contributed by atoms with Crippen molar-refractivity contribution in [2.24, 2.45) is 0 Å². The summed E-state index contributed by atoms with van der Waals surface area (Å²) in [4.78, 5) is 23.2. The van der Waals surface area contributed by atoms with E-state index in [0.29, 0.717) is 19.3 Å². The second-order valence-electron chi connectivity index (χ2n) is 4.01. The normalized spacial score (nSPS) is 24.2. The number of ketones is 1. The van der Waals surface area contributed by atoms with Crippen LogP contribution in [0.25, 0.3) is 0 Å². The molecule has 0 aromatic carbocycles. The van der Waals surface area contributed by atoms with Crippen molar-refractivity contribution in [3.8, 4) is 0 Å². The van der Waals surface area contributed by atoms with Crippen LogP contribution in [0.15, 0.2) is 11.3 Å². The Morgan fingerprint density at radius 3 is 2.56 bits per heavy atom. The third-order valence-electron chi connectivity index (χ3n) is 2.56. The maximum absolute atomic E-state index is 11.7. The third-order valence-corrected chi connectivity index (χ3v) is 2.56. The number of esters is 1. The highest BCUT2D eigenvalue weighted by molar-refractivity contribution is 6.19. The summed E-state index contributed by atoms with van der Waals surface area (Å²) in [5, 5.41) is 9.59. The van der Waals surface area contributed by atoms with Gasteiger partial charge in [0.15, 0.2) is 5.78 Å². The molecule has 1 aliphatic heterocycles. The first kappa shape index (κ1) is 12.7. The zero-order valence-corrected chi connectivity index (χ0v) is 9.78. The van der Waals surface area contributed by atoms with Crippen molar-refractivity contribution < 1.29 is 19.4 Å². The van der Waals surface area contributed by atoms with Crippen molar-refractivity contribution in [2.45, 2.75) is 52.1 Å². The standard InChI is InChI=1S/C12H18O4/c1-3-5-8-7-10(14)11(12(15)16-8)9(13)6-4-2/h8,13H,3-7H2,1-2H3/t8-/m0/s1. The third kappa shape index (κ3) is 2.84. The highest BCUT2D eigenvalue weighted by Gasteiger charge is 2.33. The molecule has 0 radical (unpaired) electrons. The molecule has 1 heterocycles. The molecule has 1 aliphatic rings. The van der Waals surface area contributed by atoms with Crippen molar-refractivity contribution in [3.05, 3.63) is 11.3 Å². The van der Waals surface area contributed by atoms with Crippen LogP contribution in [0, 0.1) is 0 Å². The van der Waals surface area contributed by atoms with Crippen LogP contribution in [0.2, 0.25) is 0 Å². The summed E-state index contributed by atoms with van der Waals surface area (Å²) in [6.45, 7) is 3.84. The predicted octanol–water partition coefficient (Wildman–Crippen LogP) is 2.28. The molecule has 16 heavy (non-hydrogen) atoms. The first-order valence-electron chi connectivity index (χ1n) is 5.76. The van der Waals surface area contributed by atoms with Gasteiger partial charge >= 0.3 is 5.97 Å². The van der Waals surface area contributed by atoms with Crippen LogP contribution in [-0.2, 0) is 14.3 Å². The van der Waals surface area contributed by atoms with Crippen LogP contribution in [0.3, 0.4) is 0 Å². The lowest BCUT2D eigenvalue weighted by Crippen LogP contribution is -2.33. The van der Waals surface area contributed by atoms with Gasteiger partial charge in [0.25, 0.3) is 0 Å². The molecule has 0 aliphatic carbocycles. The Kier molecular flexibility index (Phi) is 4.52. The van der Waals surface area contributed by atoms with E-state index >= 15 is 0 Å². The average Bonchev–Trinajstić information content (AvgIpc) is 2.17. The van der Waals surface area contributed by atoms with Gasteiger partial charge in [-0.3, -0.25) is 4.79 Å². The van der Waals surface area contributed by atoms with Gasteiger partial charge in [0.05, 0.1) is 0 Å². The molecule has 0 aromatic heterocycles. The lowest BCUT2D eigenvalue weighted by Gasteiger charge is -2.23. The molecule has 4 nitrogen and oxygen atoms in total. The highest BCUT2D eigenvalue weighted by Crippen LogP contribution is 2.22. The SMILES string of the molecule is CCCC(O)=C1C(=O)C[C@H](CCC)OC1=O. The molecule has 1 N–H and O–H groups in total. The van der Waals surface area contributed by atoms with Crippen LogP contribution in [-0.4, -0.2) is 23.0 Å². The summed E-state index contributed by atoms with van der Waals surface area (Å²) in [5.41, 5.74) is -0.144. The summed E-state index contributed by atoms with van der Waals surface area (Å²) >= 11 is 0. The minimum Gasteiger partial charge on any atom is -0.511 e. The van der Waals surface area contributed by atoms with E-state index < -0.39 is 5.97 Å². The summed E-state index contributed by atoms with van der Waals surface area (Å²) in [6, 6.07) is 0. The number of hydrogen-bond acceptors (Lipinski definition) is 4. The van der Waals surface area contributed by atoms with E-state index in [4.69, 9.17) is 4.74 Å². The Balaban J connectivity index is 2.81. The maximum atomic E-state index is 11.7. The molecular formula is C12H18O4. The van der Waals surface area contributed by atoms with Gasteiger partial charge in [-0.25, -0.2) is 4.79 Å². The van der Waals surface area contributed by atoms with Crippen molar-refractivity contribution in [1.29, 1.82) is 0 Å². The summed E-state index contributed by atoms with van der Waals surface area (Å²) in [6.07, 6.45) is 2.47. The quantitative estimate of drug-likeness (QED) is 0.346. The molecule has 90 valence electrons. The zero-order valence-electron chi connectivity index (χ0n) is 9.78. The molecule has 0 unspecified atom stereocenters. The highest BCUT2D eigenvalue weighted by atomic mass is 16.5. The number of ether oxygens (including phenoxy) is 1. The molecule has 0 spiro atoms. The fourth-order valence-electron chi connectivity index (χ4n) is 1.80. The van der Waals surface area contributed by atoms with E-state index in [1.54, 1.807) is 0 Å². The lowest BCUT2D eigenvalue weighted by atomic mass is 9.97. The fraction of sp³-hybridized carbons (Fsp3) is 0.667. The number of allylic oxidation sites excluding steroid dienone is 1. The molecule has 0 aromatic rings. The van der Waals surface area contributed by atoms with E-state index in [0.717, 1.165) is 6.42 Å². The van der Waals surface area contributed by atoms with Gasteiger partial charge in [-0.2, -0.15) is 0 Å². The number of hydrogen-bond donors (Lipinski definition) is 1. The minimum atomic E-state index is -0.666. The number of carbonyl (C=O) groups is 2. The smallest absolute Gasteiger partial charge is 0.345 e. The molecule has 1 fully saturated rings. The summed E-state index contributed by atoms with van der Waals surface area (Å²) in [7, 11) is 0. The monoisotopic (exact) mass is 226 g/mol. The molecule has 1 saturated heterocycles. The zero-order chi connectivity index (χ0) is 12.1. The maximum Gasteiger partial charge on any atom is 0.345 e. The van der Waals surface area contributed by atoms with Gasteiger partial charge in [-0.05, 0) is 12.8 Å². The molecular weight excluding hydrogens is 208 g/mol. The predicted molar refractivity (Wildman–Crippen MR) is 59.0 cm³/mol. The molecule has 1 rings (SSSR count). The summed E-state index contributed by atoms with van der Waals surface area (Å²) in [5.74, 6) is -1.09. The van der Waals surface area contributed by atoms with E-state index in [1.807, 2.05) is 13.8 Å². The minimum absolute atomic E-state index is 0.132. The van der Waals surface area contributed by atoms with Gasteiger partial charge in [0.1, 0.15) is 17.4 Å². The number of aliphatic hydroxyl groups is 1. The second-order valence-corrected chi connectivity index (χ2v) is 4.01. The fourth-order valence-corrected chi connectivity index (χ4v) is 1.80. The van der Waals surface area contributed by atoms with Crippen molar-refractivity contribution in [2.75, 3.05) is 0 Å². The number of carbonyl (C=O) groups excluding carboxylic acids is 2. The van der Waals surface area contributed by atoms with Crippen molar-refractivity contribution in [1.82, 2.24) is 0 Å². The largest absolute Gasteiger partial charge is 0.511 e. The Bertz CT molecular complexity index is 297. The Hall–Kier alpha value is -1.32. The van der Waals surface area contributed by atoms with Crippen molar-refractivity contribution >= 4 is 11.8 Å². The molecule has 0 bridgehead atoms. The topological polar surface area (TPSA) is 63.6 Å². The van der Waals surface area contributed by atoms with Crippen LogP contribution in [0.1, 0.15) is 46.0 Å².